The van der Waals surface area contributed by atoms with Crippen molar-refractivity contribution in [2.24, 2.45) is 11.1 Å². The smallest absolute Gasteiger partial charge is 0.228 e. The molecule has 0 aliphatic heterocycles. The van der Waals surface area contributed by atoms with Crippen LogP contribution in [0.4, 0.5) is 0 Å². The van der Waals surface area contributed by atoms with E-state index in [9.17, 15) is 9.90 Å². The molecule has 0 radical (unpaired) electrons. The molecule has 0 aliphatic rings. The Kier molecular flexibility index (Phi) is 5.72. The summed E-state index contributed by atoms with van der Waals surface area (Å²) in [6, 6.07) is 9.50. The summed E-state index contributed by atoms with van der Waals surface area (Å²) < 4.78 is 0. The van der Waals surface area contributed by atoms with E-state index in [1.165, 1.54) is 0 Å². The first-order chi connectivity index (χ1) is 9.48. The lowest BCUT2D eigenvalue weighted by Crippen LogP contribution is -2.54. The number of amides is 1. The molecular formula is C16H26N2O2. The molecule has 1 aromatic rings. The van der Waals surface area contributed by atoms with Crippen LogP contribution in [0.5, 0.6) is 0 Å². The topological polar surface area (TPSA) is 75.4 Å². The molecule has 1 unspecified atom stereocenters. The Morgan fingerprint density at radius 3 is 2.20 bits per heavy atom. The Morgan fingerprint density at radius 2 is 1.80 bits per heavy atom. The number of rotatable bonds is 7. The van der Waals surface area contributed by atoms with Gasteiger partial charge in [0.15, 0.2) is 0 Å². The second-order valence-electron chi connectivity index (χ2n) is 5.50. The molecule has 0 fully saturated rings. The Balaban J connectivity index is 3.02. The third-order valence-electron chi connectivity index (χ3n) is 4.34. The van der Waals surface area contributed by atoms with Crippen molar-refractivity contribution in [2.45, 2.75) is 39.2 Å². The summed E-state index contributed by atoms with van der Waals surface area (Å²) in [6.07, 6.45) is 1.37. The third-order valence-corrected chi connectivity index (χ3v) is 4.34. The molecule has 0 aliphatic carbocycles. The molecule has 0 aromatic heterocycles. The van der Waals surface area contributed by atoms with Crippen molar-refractivity contribution in [1.29, 1.82) is 0 Å². The van der Waals surface area contributed by atoms with E-state index in [4.69, 9.17) is 5.73 Å². The molecule has 0 spiro atoms. The Morgan fingerprint density at radius 1 is 1.25 bits per heavy atom. The van der Waals surface area contributed by atoms with Gasteiger partial charge in [-0.15, -0.1) is 0 Å². The van der Waals surface area contributed by atoms with Gasteiger partial charge in [-0.1, -0.05) is 44.2 Å². The van der Waals surface area contributed by atoms with Gasteiger partial charge >= 0.3 is 0 Å². The lowest BCUT2D eigenvalue weighted by molar-refractivity contribution is -0.133. The van der Waals surface area contributed by atoms with E-state index in [1.54, 1.807) is 0 Å². The molecular weight excluding hydrogens is 252 g/mol. The van der Waals surface area contributed by atoms with Gasteiger partial charge in [0, 0.05) is 6.54 Å². The van der Waals surface area contributed by atoms with Crippen molar-refractivity contribution in [3.8, 4) is 0 Å². The van der Waals surface area contributed by atoms with Crippen molar-refractivity contribution in [3.63, 3.8) is 0 Å². The van der Waals surface area contributed by atoms with E-state index in [1.807, 2.05) is 51.1 Å². The van der Waals surface area contributed by atoms with E-state index in [0.717, 1.165) is 5.56 Å². The van der Waals surface area contributed by atoms with Crippen molar-refractivity contribution in [1.82, 2.24) is 5.32 Å². The summed E-state index contributed by atoms with van der Waals surface area (Å²) in [7, 11) is 0. The lowest BCUT2D eigenvalue weighted by atomic mass is 9.80. The summed E-state index contributed by atoms with van der Waals surface area (Å²) in [5.41, 5.74) is 5.34. The number of nitrogens with one attached hydrogen (secondary N) is 1. The molecule has 20 heavy (non-hydrogen) atoms. The Hall–Kier alpha value is -1.39. The van der Waals surface area contributed by atoms with Crippen molar-refractivity contribution < 1.29 is 9.90 Å². The highest BCUT2D eigenvalue weighted by Crippen LogP contribution is 2.28. The van der Waals surface area contributed by atoms with Crippen LogP contribution in [0.15, 0.2) is 30.3 Å². The first kappa shape index (κ1) is 16.7. The highest BCUT2D eigenvalue weighted by molar-refractivity contribution is 5.83. The van der Waals surface area contributed by atoms with Crippen LogP contribution in [-0.4, -0.2) is 24.2 Å². The predicted octanol–water partition coefficient (Wildman–Crippen LogP) is 1.78. The van der Waals surface area contributed by atoms with Gasteiger partial charge in [0.25, 0.3) is 0 Å². The van der Waals surface area contributed by atoms with E-state index < -0.39 is 11.0 Å². The normalized spacial score (nSPS) is 14.7. The van der Waals surface area contributed by atoms with Gasteiger partial charge in [-0.2, -0.15) is 0 Å². The zero-order valence-corrected chi connectivity index (χ0v) is 12.6. The molecule has 112 valence electrons. The van der Waals surface area contributed by atoms with E-state index in [2.05, 4.69) is 5.32 Å². The minimum atomic E-state index is -0.789. The molecule has 1 amide bonds. The molecule has 0 saturated carbocycles. The fourth-order valence-electron chi connectivity index (χ4n) is 2.34. The maximum Gasteiger partial charge on any atom is 0.228 e. The lowest BCUT2D eigenvalue weighted by Gasteiger charge is -2.36. The fourth-order valence-corrected chi connectivity index (χ4v) is 2.34. The molecule has 1 aromatic carbocycles. The van der Waals surface area contributed by atoms with Crippen LogP contribution in [0.1, 0.15) is 39.2 Å². The van der Waals surface area contributed by atoms with Crippen LogP contribution in [0.3, 0.4) is 0 Å². The zero-order chi connectivity index (χ0) is 15.2. The number of aliphatic hydroxyl groups excluding tert-OH is 1. The number of aliphatic hydroxyl groups is 1. The molecule has 0 saturated heterocycles. The highest BCUT2D eigenvalue weighted by Gasteiger charge is 2.38. The number of hydrogen-bond donors (Lipinski definition) is 3. The molecule has 4 heteroatoms. The third kappa shape index (κ3) is 3.19. The molecule has 0 bridgehead atoms. The van der Waals surface area contributed by atoms with Crippen molar-refractivity contribution in [3.05, 3.63) is 35.9 Å². The van der Waals surface area contributed by atoms with Crippen LogP contribution in [0.25, 0.3) is 0 Å². The SMILES string of the molecule is CCC(CC)(CN)C(=O)NC(C)(CO)c1ccccc1. The number of nitrogens with two attached hydrogens (primary N) is 1. The first-order valence-electron chi connectivity index (χ1n) is 7.17. The van der Waals surface area contributed by atoms with Crippen LogP contribution < -0.4 is 11.1 Å². The average molecular weight is 278 g/mol. The fraction of sp³-hybridized carbons (Fsp3) is 0.562. The predicted molar refractivity (Wildman–Crippen MR) is 81.1 cm³/mol. The maximum atomic E-state index is 12.6. The van der Waals surface area contributed by atoms with Crippen molar-refractivity contribution >= 4 is 5.91 Å². The summed E-state index contributed by atoms with van der Waals surface area (Å²) in [4.78, 5) is 12.6. The van der Waals surface area contributed by atoms with E-state index in [-0.39, 0.29) is 12.5 Å². The maximum absolute atomic E-state index is 12.6. The summed E-state index contributed by atoms with van der Waals surface area (Å²) >= 11 is 0. The second kappa shape index (κ2) is 6.86. The minimum absolute atomic E-state index is 0.0922. The number of hydrogen-bond acceptors (Lipinski definition) is 3. The molecule has 1 rings (SSSR count). The summed E-state index contributed by atoms with van der Waals surface area (Å²) in [5, 5.41) is 12.7. The number of carbonyl (C=O) groups excluding carboxylic acids is 1. The van der Waals surface area contributed by atoms with Crippen LogP contribution in [0, 0.1) is 5.41 Å². The van der Waals surface area contributed by atoms with Crippen LogP contribution >= 0.6 is 0 Å². The van der Waals surface area contributed by atoms with Gasteiger partial charge in [0.2, 0.25) is 5.91 Å². The van der Waals surface area contributed by atoms with Gasteiger partial charge in [-0.25, -0.2) is 0 Å². The van der Waals surface area contributed by atoms with Gasteiger partial charge < -0.3 is 16.2 Å². The van der Waals surface area contributed by atoms with Gasteiger partial charge in [-0.3, -0.25) is 4.79 Å². The number of benzene rings is 1. The Labute approximate surface area is 121 Å². The standard InChI is InChI=1S/C16H26N2O2/c1-4-16(5-2,11-17)14(20)18-15(3,12-19)13-9-7-6-8-10-13/h6-10,19H,4-5,11-12,17H2,1-3H3,(H,18,20). The van der Waals surface area contributed by atoms with Crippen LogP contribution in [0.2, 0.25) is 0 Å². The average Bonchev–Trinajstić information content (AvgIpc) is 2.50. The van der Waals surface area contributed by atoms with E-state index in [0.29, 0.717) is 19.4 Å². The van der Waals surface area contributed by atoms with Gasteiger partial charge in [-0.05, 0) is 25.3 Å². The van der Waals surface area contributed by atoms with Crippen molar-refractivity contribution in [2.75, 3.05) is 13.2 Å². The minimum Gasteiger partial charge on any atom is -0.394 e. The summed E-state index contributed by atoms with van der Waals surface area (Å²) in [5.74, 6) is -0.0922. The number of carbonyl (C=O) groups is 1. The molecule has 4 N–H and O–H groups in total. The summed E-state index contributed by atoms with van der Waals surface area (Å²) in [6.45, 7) is 5.91. The molecule has 4 nitrogen and oxygen atoms in total. The monoisotopic (exact) mass is 278 g/mol. The van der Waals surface area contributed by atoms with Gasteiger partial charge in [0.05, 0.1) is 17.6 Å². The second-order valence-corrected chi connectivity index (χ2v) is 5.50. The zero-order valence-electron chi connectivity index (χ0n) is 12.6. The van der Waals surface area contributed by atoms with Crippen LogP contribution in [-0.2, 0) is 10.3 Å². The molecule has 1 atom stereocenters. The van der Waals surface area contributed by atoms with E-state index >= 15 is 0 Å². The Bertz CT molecular complexity index is 421. The molecule has 0 heterocycles. The first-order valence-corrected chi connectivity index (χ1v) is 7.17. The van der Waals surface area contributed by atoms with Gasteiger partial charge in [0.1, 0.15) is 0 Å². The highest BCUT2D eigenvalue weighted by atomic mass is 16.3. The quantitative estimate of drug-likeness (QED) is 0.711. The largest absolute Gasteiger partial charge is 0.394 e.